The molecule has 2 aliphatic heterocycles. The molecule has 2 atom stereocenters. The van der Waals surface area contributed by atoms with Crippen LogP contribution in [0, 0.1) is 17.8 Å². The Morgan fingerprint density at radius 1 is 1.24 bits per heavy atom. The average Bonchev–Trinajstić information content (AvgIpc) is 2.44. The molecule has 0 N–H and O–H groups in total. The van der Waals surface area contributed by atoms with E-state index < -0.39 is 0 Å². The Hall–Kier alpha value is -0.610. The molecule has 0 bridgehead atoms. The normalized spacial score (nSPS) is 27.7. The number of rotatable bonds is 4. The van der Waals surface area contributed by atoms with Crippen LogP contribution in [0.1, 0.15) is 47.0 Å². The second kappa shape index (κ2) is 7.10. The van der Waals surface area contributed by atoms with Gasteiger partial charge in [0.05, 0.1) is 18.8 Å². The summed E-state index contributed by atoms with van der Waals surface area (Å²) in [5.41, 5.74) is -0.0436. The van der Waals surface area contributed by atoms with Gasteiger partial charge in [0.25, 0.3) is 0 Å². The van der Waals surface area contributed by atoms with Gasteiger partial charge in [0.15, 0.2) is 0 Å². The Labute approximate surface area is 129 Å². The molecular weight excluding hydrogens is 266 g/mol. The van der Waals surface area contributed by atoms with Crippen LogP contribution in [-0.4, -0.2) is 49.3 Å². The van der Waals surface area contributed by atoms with Crippen molar-refractivity contribution >= 4 is 5.91 Å². The molecule has 2 fully saturated rings. The second-order valence-electron chi connectivity index (χ2n) is 7.47. The van der Waals surface area contributed by atoms with E-state index in [-0.39, 0.29) is 5.60 Å². The molecule has 0 aromatic carbocycles. The van der Waals surface area contributed by atoms with E-state index in [4.69, 9.17) is 9.47 Å². The molecule has 4 heteroatoms. The van der Waals surface area contributed by atoms with Crippen LogP contribution in [0.15, 0.2) is 0 Å². The Bertz CT molecular complexity index is 348. The van der Waals surface area contributed by atoms with Crippen LogP contribution in [0.2, 0.25) is 0 Å². The minimum atomic E-state index is -0.0436. The molecule has 0 saturated carbocycles. The molecule has 1 amide bonds. The fourth-order valence-corrected chi connectivity index (χ4v) is 3.73. The highest BCUT2D eigenvalue weighted by atomic mass is 16.5. The number of carbonyl (C=O) groups is 1. The number of ether oxygens (including phenoxy) is 2. The van der Waals surface area contributed by atoms with Gasteiger partial charge in [-0.15, -0.1) is 0 Å². The van der Waals surface area contributed by atoms with Gasteiger partial charge in [-0.25, -0.2) is 0 Å². The first kappa shape index (κ1) is 16.8. The highest BCUT2D eigenvalue weighted by molar-refractivity contribution is 5.76. The molecule has 0 aliphatic carbocycles. The quantitative estimate of drug-likeness (QED) is 0.801. The lowest BCUT2D eigenvalue weighted by Crippen LogP contribution is -2.43. The Morgan fingerprint density at radius 3 is 2.48 bits per heavy atom. The van der Waals surface area contributed by atoms with Gasteiger partial charge in [0, 0.05) is 26.1 Å². The van der Waals surface area contributed by atoms with Crippen molar-refractivity contribution in [3.05, 3.63) is 0 Å². The summed E-state index contributed by atoms with van der Waals surface area (Å²) in [4.78, 5) is 14.5. The molecule has 4 nitrogen and oxygen atoms in total. The topological polar surface area (TPSA) is 38.8 Å². The molecule has 21 heavy (non-hydrogen) atoms. The maximum absolute atomic E-state index is 12.6. The minimum absolute atomic E-state index is 0.0436. The monoisotopic (exact) mass is 297 g/mol. The van der Waals surface area contributed by atoms with Gasteiger partial charge in [0.1, 0.15) is 0 Å². The van der Waals surface area contributed by atoms with Gasteiger partial charge in [0.2, 0.25) is 5.91 Å². The molecular formula is C17H31NO3. The van der Waals surface area contributed by atoms with E-state index in [1.54, 1.807) is 0 Å². The van der Waals surface area contributed by atoms with Crippen molar-refractivity contribution in [1.82, 2.24) is 4.90 Å². The predicted octanol–water partition coefficient (Wildman–Crippen LogP) is 2.71. The third-order valence-corrected chi connectivity index (χ3v) is 4.97. The summed E-state index contributed by atoms with van der Waals surface area (Å²) < 4.78 is 11.2. The number of carbonyl (C=O) groups excluding carboxylic acids is 1. The first-order chi connectivity index (χ1) is 9.89. The third kappa shape index (κ3) is 4.68. The molecule has 2 aliphatic rings. The Morgan fingerprint density at radius 2 is 1.90 bits per heavy atom. The summed E-state index contributed by atoms with van der Waals surface area (Å²) in [5.74, 6) is 1.90. The van der Waals surface area contributed by atoms with E-state index in [1.807, 2.05) is 4.90 Å². The number of hydrogen-bond acceptors (Lipinski definition) is 3. The lowest BCUT2D eigenvalue weighted by molar-refractivity contribution is -0.139. The van der Waals surface area contributed by atoms with Crippen LogP contribution in [0.5, 0.6) is 0 Å². The molecule has 2 rings (SSSR count). The van der Waals surface area contributed by atoms with Gasteiger partial charge < -0.3 is 14.4 Å². The lowest BCUT2D eigenvalue weighted by Gasteiger charge is -2.41. The van der Waals surface area contributed by atoms with E-state index in [0.29, 0.717) is 43.3 Å². The average molecular weight is 297 g/mol. The van der Waals surface area contributed by atoms with E-state index in [2.05, 4.69) is 27.7 Å². The van der Waals surface area contributed by atoms with Gasteiger partial charge in [-0.1, -0.05) is 13.8 Å². The zero-order chi connectivity index (χ0) is 15.5. The van der Waals surface area contributed by atoms with Crippen molar-refractivity contribution in [3.63, 3.8) is 0 Å². The molecule has 122 valence electrons. The highest BCUT2D eigenvalue weighted by Crippen LogP contribution is 2.38. The zero-order valence-corrected chi connectivity index (χ0v) is 14.1. The van der Waals surface area contributed by atoms with E-state index >= 15 is 0 Å². The lowest BCUT2D eigenvalue weighted by atomic mass is 9.73. The van der Waals surface area contributed by atoms with E-state index in [9.17, 15) is 4.79 Å². The largest absolute Gasteiger partial charge is 0.378 e. The Kier molecular flexibility index (Phi) is 5.67. The van der Waals surface area contributed by atoms with Crippen LogP contribution in [0.3, 0.4) is 0 Å². The third-order valence-electron chi connectivity index (χ3n) is 4.97. The highest BCUT2D eigenvalue weighted by Gasteiger charge is 2.36. The van der Waals surface area contributed by atoms with Crippen molar-refractivity contribution < 1.29 is 14.3 Å². The van der Waals surface area contributed by atoms with Gasteiger partial charge in [-0.05, 0) is 44.4 Å². The molecule has 2 unspecified atom stereocenters. The molecule has 2 heterocycles. The summed E-state index contributed by atoms with van der Waals surface area (Å²) in [5, 5.41) is 0. The zero-order valence-electron chi connectivity index (χ0n) is 14.1. The van der Waals surface area contributed by atoms with Crippen molar-refractivity contribution in [3.8, 4) is 0 Å². The molecule has 2 saturated heterocycles. The molecule has 0 aromatic rings. The standard InChI is InChI=1S/C17H31NO3/c1-13(2)15(14-5-8-21-17(3,4)12-14)11-16(19)18-6-9-20-10-7-18/h13-15H,5-12H2,1-4H3. The maximum atomic E-state index is 12.6. The maximum Gasteiger partial charge on any atom is 0.223 e. The van der Waals surface area contributed by atoms with Crippen molar-refractivity contribution in [1.29, 1.82) is 0 Å². The van der Waals surface area contributed by atoms with Crippen LogP contribution in [0.4, 0.5) is 0 Å². The van der Waals surface area contributed by atoms with E-state index in [0.717, 1.165) is 32.5 Å². The van der Waals surface area contributed by atoms with E-state index in [1.165, 1.54) is 0 Å². The fourth-order valence-electron chi connectivity index (χ4n) is 3.73. The first-order valence-electron chi connectivity index (χ1n) is 8.38. The summed E-state index contributed by atoms with van der Waals surface area (Å²) in [6, 6.07) is 0. The number of nitrogens with zero attached hydrogens (tertiary/aromatic N) is 1. The molecule has 0 aromatic heterocycles. The van der Waals surface area contributed by atoms with Gasteiger partial charge in [-0.2, -0.15) is 0 Å². The summed E-state index contributed by atoms with van der Waals surface area (Å²) in [7, 11) is 0. The summed E-state index contributed by atoms with van der Waals surface area (Å²) in [6.45, 7) is 12.5. The Balaban J connectivity index is 1.96. The van der Waals surface area contributed by atoms with Gasteiger partial charge in [-0.3, -0.25) is 4.79 Å². The van der Waals surface area contributed by atoms with Crippen LogP contribution < -0.4 is 0 Å². The first-order valence-corrected chi connectivity index (χ1v) is 8.38. The summed E-state index contributed by atoms with van der Waals surface area (Å²) >= 11 is 0. The van der Waals surface area contributed by atoms with Crippen LogP contribution in [0.25, 0.3) is 0 Å². The second-order valence-corrected chi connectivity index (χ2v) is 7.47. The molecule has 0 spiro atoms. The van der Waals surface area contributed by atoms with Crippen molar-refractivity contribution in [2.24, 2.45) is 17.8 Å². The molecule has 0 radical (unpaired) electrons. The predicted molar refractivity (Wildman–Crippen MR) is 83.1 cm³/mol. The van der Waals surface area contributed by atoms with Gasteiger partial charge >= 0.3 is 0 Å². The fraction of sp³-hybridized carbons (Fsp3) is 0.941. The number of morpholine rings is 1. The van der Waals surface area contributed by atoms with Crippen molar-refractivity contribution in [2.75, 3.05) is 32.9 Å². The summed E-state index contributed by atoms with van der Waals surface area (Å²) in [6.07, 6.45) is 2.83. The minimum Gasteiger partial charge on any atom is -0.378 e. The number of hydrogen-bond donors (Lipinski definition) is 0. The van der Waals surface area contributed by atoms with Crippen LogP contribution >= 0.6 is 0 Å². The van der Waals surface area contributed by atoms with Crippen LogP contribution in [-0.2, 0) is 14.3 Å². The van der Waals surface area contributed by atoms with Crippen molar-refractivity contribution in [2.45, 2.75) is 52.6 Å². The number of amides is 1. The SMILES string of the molecule is CC(C)C(CC(=O)N1CCOCC1)C1CCOC(C)(C)C1. The smallest absolute Gasteiger partial charge is 0.223 e.